The van der Waals surface area contributed by atoms with E-state index in [1.54, 1.807) is 0 Å². The van der Waals surface area contributed by atoms with Gasteiger partial charge in [0.15, 0.2) is 11.7 Å². The Morgan fingerprint density at radius 2 is 1.80 bits per heavy atom. The van der Waals surface area contributed by atoms with E-state index in [1.807, 2.05) is 13.8 Å². The maximum Gasteiger partial charge on any atom is 0.238 e. The summed E-state index contributed by atoms with van der Waals surface area (Å²) in [6.07, 6.45) is 1.64. The normalized spacial score (nSPS) is 10.8. The molecule has 6 nitrogen and oxygen atoms in total. The van der Waals surface area contributed by atoms with Crippen LogP contribution < -0.4 is 10.9 Å². The molecule has 25 heavy (non-hydrogen) atoms. The zero-order valence-electron chi connectivity index (χ0n) is 13.9. The van der Waals surface area contributed by atoms with Crippen LogP contribution in [0, 0.1) is 17.6 Å². The number of aryl methyl sites for hydroxylation is 1. The van der Waals surface area contributed by atoms with E-state index >= 15 is 0 Å². The Morgan fingerprint density at radius 1 is 1.16 bits per heavy atom. The van der Waals surface area contributed by atoms with Gasteiger partial charge in [0.25, 0.3) is 0 Å². The monoisotopic (exact) mass is 351 g/mol. The average Bonchev–Trinajstić information content (AvgIpc) is 2.98. The molecule has 0 saturated heterocycles. The van der Waals surface area contributed by atoms with Crippen LogP contribution in [0.25, 0.3) is 11.3 Å². The van der Waals surface area contributed by atoms with Gasteiger partial charge >= 0.3 is 0 Å². The van der Waals surface area contributed by atoms with Gasteiger partial charge in [0.1, 0.15) is 11.6 Å². The molecular weight excluding hydrogens is 332 g/mol. The van der Waals surface area contributed by atoms with Crippen LogP contribution in [0.4, 0.5) is 8.78 Å². The van der Waals surface area contributed by atoms with Gasteiger partial charge in [-0.05, 0) is 18.1 Å². The summed E-state index contributed by atoms with van der Waals surface area (Å²) in [4.78, 5) is 27.0. The molecule has 0 atom stereocenters. The first-order valence-electron chi connectivity index (χ1n) is 7.83. The SMILES string of the molecule is CC(C)CC(=O)NNC(=O)CCc1ncc(-c2c(F)cccc2F)o1. The number of aromatic nitrogens is 1. The lowest BCUT2D eigenvalue weighted by atomic mass is 10.1. The molecule has 0 unspecified atom stereocenters. The highest BCUT2D eigenvalue weighted by molar-refractivity contribution is 5.82. The van der Waals surface area contributed by atoms with E-state index in [2.05, 4.69) is 15.8 Å². The third-order valence-electron chi connectivity index (χ3n) is 3.26. The number of hydrogen-bond donors (Lipinski definition) is 2. The molecule has 2 N–H and O–H groups in total. The van der Waals surface area contributed by atoms with Crippen LogP contribution in [0.15, 0.2) is 28.8 Å². The molecule has 2 rings (SSSR count). The number of amides is 2. The van der Waals surface area contributed by atoms with Crippen LogP contribution in [0.1, 0.15) is 32.6 Å². The van der Waals surface area contributed by atoms with Crippen molar-refractivity contribution in [2.24, 2.45) is 5.92 Å². The van der Waals surface area contributed by atoms with Crippen LogP contribution in [0.2, 0.25) is 0 Å². The summed E-state index contributed by atoms with van der Waals surface area (Å²) in [5.74, 6) is -1.91. The zero-order chi connectivity index (χ0) is 18.4. The summed E-state index contributed by atoms with van der Waals surface area (Å²) in [5, 5.41) is 0. The Morgan fingerprint density at radius 3 is 2.44 bits per heavy atom. The van der Waals surface area contributed by atoms with Gasteiger partial charge in [-0.2, -0.15) is 0 Å². The fourth-order valence-corrected chi connectivity index (χ4v) is 2.12. The Hall–Kier alpha value is -2.77. The quantitative estimate of drug-likeness (QED) is 0.784. The predicted molar refractivity (Wildman–Crippen MR) is 85.9 cm³/mol. The van der Waals surface area contributed by atoms with Gasteiger partial charge in [-0.1, -0.05) is 19.9 Å². The standard InChI is InChI=1S/C17H19F2N3O3/c1-10(2)8-15(24)22-21-14(23)6-7-16-20-9-13(25-16)17-11(18)4-3-5-12(17)19/h3-5,9-10H,6-8H2,1-2H3,(H,21,23)(H,22,24). The predicted octanol–water partition coefficient (Wildman–Crippen LogP) is 2.75. The molecule has 1 aromatic carbocycles. The molecule has 0 aliphatic heterocycles. The second kappa shape index (κ2) is 8.36. The summed E-state index contributed by atoms with van der Waals surface area (Å²) in [6.45, 7) is 3.78. The van der Waals surface area contributed by atoms with Crippen molar-refractivity contribution < 1.29 is 22.8 Å². The molecule has 1 heterocycles. The molecule has 0 aliphatic carbocycles. The van der Waals surface area contributed by atoms with Gasteiger partial charge in [-0.3, -0.25) is 20.4 Å². The molecule has 0 aliphatic rings. The number of carbonyl (C=O) groups is 2. The molecule has 2 amide bonds. The molecule has 8 heteroatoms. The number of oxazole rings is 1. The molecule has 0 fully saturated rings. The highest BCUT2D eigenvalue weighted by Gasteiger charge is 2.16. The summed E-state index contributed by atoms with van der Waals surface area (Å²) < 4.78 is 32.7. The summed E-state index contributed by atoms with van der Waals surface area (Å²) in [6, 6.07) is 3.49. The number of rotatable bonds is 6. The van der Waals surface area contributed by atoms with E-state index in [1.165, 1.54) is 12.3 Å². The highest BCUT2D eigenvalue weighted by atomic mass is 19.1. The van der Waals surface area contributed by atoms with Gasteiger partial charge in [-0.25, -0.2) is 13.8 Å². The van der Waals surface area contributed by atoms with E-state index in [4.69, 9.17) is 4.42 Å². The zero-order valence-corrected chi connectivity index (χ0v) is 13.9. The summed E-state index contributed by atoms with van der Waals surface area (Å²) in [5.41, 5.74) is 4.29. The second-order valence-corrected chi connectivity index (χ2v) is 5.91. The molecule has 0 radical (unpaired) electrons. The Labute approximate surface area is 143 Å². The van der Waals surface area contributed by atoms with E-state index in [0.717, 1.165) is 12.1 Å². The highest BCUT2D eigenvalue weighted by Crippen LogP contribution is 2.26. The summed E-state index contributed by atoms with van der Waals surface area (Å²) >= 11 is 0. The average molecular weight is 351 g/mol. The van der Waals surface area contributed by atoms with Crippen molar-refractivity contribution in [2.45, 2.75) is 33.1 Å². The number of carbonyl (C=O) groups excluding carboxylic acids is 2. The largest absolute Gasteiger partial charge is 0.441 e. The van der Waals surface area contributed by atoms with Crippen molar-refractivity contribution in [2.75, 3.05) is 0 Å². The fraction of sp³-hybridized carbons (Fsp3) is 0.353. The first-order chi connectivity index (χ1) is 11.9. The Balaban J connectivity index is 1.87. The van der Waals surface area contributed by atoms with Gasteiger partial charge in [-0.15, -0.1) is 0 Å². The van der Waals surface area contributed by atoms with Gasteiger partial charge < -0.3 is 4.42 Å². The van der Waals surface area contributed by atoms with E-state index < -0.39 is 17.5 Å². The van der Waals surface area contributed by atoms with Crippen molar-refractivity contribution in [1.82, 2.24) is 15.8 Å². The van der Waals surface area contributed by atoms with E-state index in [-0.39, 0.29) is 41.9 Å². The van der Waals surface area contributed by atoms with Crippen LogP contribution in [0.3, 0.4) is 0 Å². The van der Waals surface area contributed by atoms with Crippen molar-refractivity contribution in [3.8, 4) is 11.3 Å². The lowest BCUT2D eigenvalue weighted by molar-refractivity contribution is -0.129. The van der Waals surface area contributed by atoms with Crippen molar-refractivity contribution in [3.63, 3.8) is 0 Å². The molecule has 0 bridgehead atoms. The number of hydrazine groups is 1. The first-order valence-corrected chi connectivity index (χ1v) is 7.83. The lowest BCUT2D eigenvalue weighted by Crippen LogP contribution is -2.42. The molecule has 2 aromatic rings. The molecule has 0 spiro atoms. The smallest absolute Gasteiger partial charge is 0.238 e. The van der Waals surface area contributed by atoms with Crippen LogP contribution in [-0.2, 0) is 16.0 Å². The molecule has 1 aromatic heterocycles. The Bertz CT molecular complexity index is 739. The molecule has 0 saturated carbocycles. The maximum atomic E-state index is 13.7. The van der Waals surface area contributed by atoms with Crippen molar-refractivity contribution in [3.05, 3.63) is 41.9 Å². The number of nitrogens with one attached hydrogen (secondary N) is 2. The van der Waals surface area contributed by atoms with E-state index in [0.29, 0.717) is 6.42 Å². The number of halogens is 2. The maximum absolute atomic E-state index is 13.7. The van der Waals surface area contributed by atoms with Gasteiger partial charge in [0, 0.05) is 19.3 Å². The van der Waals surface area contributed by atoms with Crippen molar-refractivity contribution in [1.29, 1.82) is 0 Å². The van der Waals surface area contributed by atoms with Crippen LogP contribution in [0.5, 0.6) is 0 Å². The molecular formula is C17H19F2N3O3. The summed E-state index contributed by atoms with van der Waals surface area (Å²) in [7, 11) is 0. The topological polar surface area (TPSA) is 84.2 Å². The minimum absolute atomic E-state index is 0.00165. The third-order valence-corrected chi connectivity index (χ3v) is 3.26. The lowest BCUT2D eigenvalue weighted by Gasteiger charge is -2.08. The fourth-order valence-electron chi connectivity index (χ4n) is 2.12. The first kappa shape index (κ1) is 18.6. The molecule has 134 valence electrons. The van der Waals surface area contributed by atoms with Crippen LogP contribution >= 0.6 is 0 Å². The minimum Gasteiger partial charge on any atom is -0.441 e. The van der Waals surface area contributed by atoms with Gasteiger partial charge in [0.05, 0.1) is 11.8 Å². The van der Waals surface area contributed by atoms with Crippen LogP contribution in [-0.4, -0.2) is 16.8 Å². The number of nitrogens with zero attached hydrogens (tertiary/aromatic N) is 1. The Kier molecular flexibility index (Phi) is 6.21. The second-order valence-electron chi connectivity index (χ2n) is 5.91. The number of hydrogen-bond acceptors (Lipinski definition) is 4. The van der Waals surface area contributed by atoms with E-state index in [9.17, 15) is 18.4 Å². The minimum atomic E-state index is -0.756. The van der Waals surface area contributed by atoms with Crippen molar-refractivity contribution >= 4 is 11.8 Å². The number of benzene rings is 1. The third kappa shape index (κ3) is 5.37. The van der Waals surface area contributed by atoms with Gasteiger partial charge in [0.2, 0.25) is 11.8 Å².